The van der Waals surface area contributed by atoms with Gasteiger partial charge >= 0.3 is 29.6 Å². The van der Waals surface area contributed by atoms with E-state index in [2.05, 4.69) is 10.2 Å². The number of methoxy groups -OCH3 is 1. The molecule has 2 saturated heterocycles. The summed E-state index contributed by atoms with van der Waals surface area (Å²) in [4.78, 5) is 40.2. The van der Waals surface area contributed by atoms with Crippen LogP contribution in [0.2, 0.25) is 0 Å². The Bertz CT molecular complexity index is 795. The first kappa shape index (κ1) is 26.6. The van der Waals surface area contributed by atoms with E-state index in [1.807, 2.05) is 38.1 Å². The minimum Gasteiger partial charge on any atom is -0.547 e. The number of hydrogen-bond acceptors (Lipinski definition) is 7. The third kappa shape index (κ3) is 7.18. The van der Waals surface area contributed by atoms with Crippen LogP contribution < -0.4 is 44.7 Å². The third-order valence-electron chi connectivity index (χ3n) is 5.55. The van der Waals surface area contributed by atoms with Crippen molar-refractivity contribution in [2.45, 2.75) is 45.1 Å². The number of carbonyl (C=O) groups excluding carboxylic acids is 3. The number of hydrogen-bond donors (Lipinski definition) is 1. The maximum Gasteiger partial charge on any atom is 1.00 e. The van der Waals surface area contributed by atoms with Crippen molar-refractivity contribution in [3.05, 3.63) is 29.8 Å². The molecule has 1 N–H and O–H groups in total. The topological polar surface area (TPSA) is 115 Å². The fourth-order valence-electron chi connectivity index (χ4n) is 3.77. The predicted molar refractivity (Wildman–Crippen MR) is 110 cm³/mol. The molecule has 32 heavy (non-hydrogen) atoms. The first-order valence-corrected chi connectivity index (χ1v) is 10.6. The first-order valence-electron chi connectivity index (χ1n) is 10.6. The smallest absolute Gasteiger partial charge is 0.547 e. The fraction of sp³-hybridized carbons (Fsp3) is 0.591. The van der Waals surface area contributed by atoms with Gasteiger partial charge in [-0.25, -0.2) is 0 Å². The van der Waals surface area contributed by atoms with E-state index in [0.717, 1.165) is 25.4 Å². The van der Waals surface area contributed by atoms with Gasteiger partial charge < -0.3 is 29.6 Å². The van der Waals surface area contributed by atoms with Crippen LogP contribution in [0.5, 0.6) is 5.75 Å². The number of epoxide rings is 1. The first-order chi connectivity index (χ1) is 14.8. The fourth-order valence-corrected chi connectivity index (χ4v) is 3.77. The van der Waals surface area contributed by atoms with Gasteiger partial charge in [0.15, 0.2) is 6.10 Å². The molecule has 2 amide bonds. The second-order valence-electron chi connectivity index (χ2n) is 8.44. The second kappa shape index (κ2) is 12.0. The van der Waals surface area contributed by atoms with Gasteiger partial charge in [-0.05, 0) is 30.0 Å². The molecule has 2 aliphatic rings. The van der Waals surface area contributed by atoms with E-state index >= 15 is 0 Å². The zero-order valence-electron chi connectivity index (χ0n) is 19.2. The van der Waals surface area contributed by atoms with Gasteiger partial charge in [0.25, 0.3) is 5.91 Å². The van der Waals surface area contributed by atoms with Crippen molar-refractivity contribution in [3.8, 4) is 5.75 Å². The van der Waals surface area contributed by atoms with Crippen molar-refractivity contribution in [1.29, 1.82) is 0 Å². The molecule has 10 heteroatoms. The molecule has 9 nitrogen and oxygen atoms in total. The summed E-state index contributed by atoms with van der Waals surface area (Å²) >= 11 is 0. The Kier molecular flexibility index (Phi) is 9.97. The molecule has 2 aliphatic heterocycles. The maximum absolute atomic E-state index is 13.1. The number of piperazine rings is 1. The van der Waals surface area contributed by atoms with Crippen LogP contribution in [0.15, 0.2) is 24.3 Å². The quantitative estimate of drug-likeness (QED) is 0.302. The van der Waals surface area contributed by atoms with Gasteiger partial charge in [0.05, 0.1) is 13.1 Å². The molecule has 0 unspecified atom stereocenters. The average molecular weight is 455 g/mol. The Morgan fingerprint density at radius 2 is 1.75 bits per heavy atom. The number of benzene rings is 1. The van der Waals surface area contributed by atoms with Crippen molar-refractivity contribution in [2.24, 2.45) is 5.92 Å². The molecule has 3 atom stereocenters. The summed E-state index contributed by atoms with van der Waals surface area (Å²) < 4.78 is 10.0. The summed E-state index contributed by atoms with van der Waals surface area (Å²) in [6.45, 7) is 7.34. The monoisotopic (exact) mass is 455 g/mol. The average Bonchev–Trinajstić information content (AvgIpc) is 3.55. The Balaban J connectivity index is 0.00000363. The Morgan fingerprint density at radius 3 is 2.25 bits per heavy atom. The summed E-state index contributed by atoms with van der Waals surface area (Å²) in [6.07, 6.45) is -1.83. The van der Waals surface area contributed by atoms with Gasteiger partial charge in [-0.1, -0.05) is 26.0 Å². The summed E-state index contributed by atoms with van der Waals surface area (Å²) in [5.74, 6) is -1.13. The van der Waals surface area contributed by atoms with Crippen LogP contribution in [0.25, 0.3) is 0 Å². The number of nitrogens with zero attached hydrogens (tertiary/aromatic N) is 2. The van der Waals surface area contributed by atoms with Crippen molar-refractivity contribution in [2.75, 3.05) is 33.3 Å². The largest absolute Gasteiger partial charge is 1.00 e. The summed E-state index contributed by atoms with van der Waals surface area (Å²) in [5.41, 5.74) is 1.18. The number of ether oxygens (including phenoxy) is 2. The minimum atomic E-state index is -1.42. The van der Waals surface area contributed by atoms with E-state index in [1.54, 1.807) is 12.0 Å². The molecule has 0 aromatic heterocycles. The maximum atomic E-state index is 13.1. The molecule has 0 bridgehead atoms. The SMILES string of the molecule is COc1ccc(CN2CCN(C(=O)[C@H](CC(C)C)NC(=O)[C@H]3O[C@@H]3C(=O)[O-])CC2)cc1.[Na+]. The standard InChI is InChI=1S/C22H31N3O6.Na/c1-14(2)12-17(23-20(26)18-19(31-18)22(28)29)21(27)25-10-8-24(9-11-25)13-15-4-6-16(30-3)7-5-15;/h4-7,14,17-19H,8-13H2,1-3H3,(H,23,26)(H,28,29);/q;+1/p-1/t17-,18-,19-;/m0./s1. The third-order valence-corrected chi connectivity index (χ3v) is 5.55. The van der Waals surface area contributed by atoms with Crippen LogP contribution in [-0.2, 0) is 25.7 Å². The summed E-state index contributed by atoms with van der Waals surface area (Å²) in [6, 6.07) is 7.23. The van der Waals surface area contributed by atoms with Crippen LogP contribution >= 0.6 is 0 Å². The molecule has 0 radical (unpaired) electrons. The van der Waals surface area contributed by atoms with Crippen molar-refractivity contribution in [1.82, 2.24) is 15.1 Å². The molecule has 1 aromatic carbocycles. The Morgan fingerprint density at radius 1 is 1.12 bits per heavy atom. The number of nitrogens with one attached hydrogen (secondary N) is 1. The molecular formula is C22H30N3NaO6. The van der Waals surface area contributed by atoms with Gasteiger partial charge in [0, 0.05) is 32.7 Å². The number of rotatable bonds is 9. The molecule has 0 saturated carbocycles. The van der Waals surface area contributed by atoms with E-state index in [9.17, 15) is 19.5 Å². The van der Waals surface area contributed by atoms with Crippen LogP contribution in [0, 0.1) is 5.92 Å². The van der Waals surface area contributed by atoms with Crippen LogP contribution in [0.4, 0.5) is 0 Å². The van der Waals surface area contributed by atoms with Crippen LogP contribution in [0.3, 0.4) is 0 Å². The molecule has 0 spiro atoms. The van der Waals surface area contributed by atoms with Gasteiger partial charge in [-0.15, -0.1) is 0 Å². The summed E-state index contributed by atoms with van der Waals surface area (Å²) in [5, 5.41) is 13.5. The zero-order chi connectivity index (χ0) is 22.5. The zero-order valence-corrected chi connectivity index (χ0v) is 21.2. The van der Waals surface area contributed by atoms with Crippen LogP contribution in [-0.4, -0.2) is 79.1 Å². The molecule has 3 rings (SSSR count). The van der Waals surface area contributed by atoms with Gasteiger partial charge in [0.2, 0.25) is 5.91 Å². The molecule has 2 fully saturated rings. The predicted octanol–water partition coefficient (Wildman–Crippen LogP) is -3.61. The Hall–Kier alpha value is -1.65. The van der Waals surface area contributed by atoms with E-state index in [1.165, 1.54) is 5.56 Å². The van der Waals surface area contributed by atoms with Crippen LogP contribution in [0.1, 0.15) is 25.8 Å². The molecular weight excluding hydrogens is 425 g/mol. The molecule has 0 aliphatic carbocycles. The number of carboxylic acid groups (broad SMARTS) is 1. The normalized spacial score (nSPS) is 21.4. The summed E-state index contributed by atoms with van der Waals surface area (Å²) in [7, 11) is 1.64. The molecule has 170 valence electrons. The van der Waals surface area contributed by atoms with E-state index in [4.69, 9.17) is 9.47 Å². The van der Waals surface area contributed by atoms with E-state index in [0.29, 0.717) is 19.5 Å². The number of amides is 2. The molecule has 2 heterocycles. The van der Waals surface area contributed by atoms with E-state index in [-0.39, 0.29) is 41.4 Å². The van der Waals surface area contributed by atoms with Crippen molar-refractivity contribution in [3.63, 3.8) is 0 Å². The number of carboxylic acids is 1. The van der Waals surface area contributed by atoms with Gasteiger partial charge in [0.1, 0.15) is 17.9 Å². The van der Waals surface area contributed by atoms with Gasteiger partial charge in [-0.2, -0.15) is 0 Å². The Labute approximate surface area is 210 Å². The van der Waals surface area contributed by atoms with Crippen molar-refractivity contribution < 1.29 is 58.5 Å². The molecule has 1 aromatic rings. The van der Waals surface area contributed by atoms with Crippen molar-refractivity contribution >= 4 is 17.8 Å². The number of carbonyl (C=O) groups is 3. The number of aliphatic carboxylic acids is 1. The van der Waals surface area contributed by atoms with Gasteiger partial charge in [-0.3, -0.25) is 14.5 Å². The second-order valence-corrected chi connectivity index (χ2v) is 8.44. The minimum absolute atomic E-state index is 0. The van der Waals surface area contributed by atoms with E-state index < -0.39 is 30.1 Å².